The Labute approximate surface area is 127 Å². The molecular weight excluding hydrogens is 264 g/mol. The summed E-state index contributed by atoms with van der Waals surface area (Å²) in [6, 6.07) is 0. The van der Waals surface area contributed by atoms with Crippen LogP contribution in [0.15, 0.2) is 12.7 Å². The maximum absolute atomic E-state index is 10.3. The van der Waals surface area contributed by atoms with Crippen molar-refractivity contribution in [3.63, 3.8) is 0 Å². The largest absolute Gasteiger partial charge is 0.392 e. The summed E-state index contributed by atoms with van der Waals surface area (Å²) < 4.78 is 12.3. The van der Waals surface area contributed by atoms with Gasteiger partial charge in [-0.2, -0.15) is 0 Å². The van der Waals surface area contributed by atoms with Crippen LogP contribution in [0.25, 0.3) is 0 Å². The quantitative estimate of drug-likeness (QED) is 0.795. The Hall–Kier alpha value is -0.380. The summed E-state index contributed by atoms with van der Waals surface area (Å²) >= 11 is 0. The third kappa shape index (κ3) is 2.69. The smallest absolute Gasteiger partial charge is 0.160 e. The number of aliphatic hydroxyl groups is 1. The fourth-order valence-corrected chi connectivity index (χ4v) is 4.91. The van der Waals surface area contributed by atoms with E-state index in [2.05, 4.69) is 6.58 Å². The SMILES string of the molecule is C=CC1CCC2(COC(C3CCC4CC4C3)OC2)CC1O. The van der Waals surface area contributed by atoms with E-state index in [9.17, 15) is 5.11 Å². The zero-order valence-corrected chi connectivity index (χ0v) is 12.9. The maximum Gasteiger partial charge on any atom is 0.160 e. The van der Waals surface area contributed by atoms with Crippen LogP contribution in [0.4, 0.5) is 0 Å². The Morgan fingerprint density at radius 2 is 1.71 bits per heavy atom. The molecule has 0 radical (unpaired) electrons. The molecule has 1 spiro atoms. The molecule has 0 bridgehead atoms. The van der Waals surface area contributed by atoms with E-state index in [1.54, 1.807) is 0 Å². The minimum Gasteiger partial charge on any atom is -0.392 e. The molecule has 3 aliphatic carbocycles. The van der Waals surface area contributed by atoms with Crippen molar-refractivity contribution >= 4 is 0 Å². The van der Waals surface area contributed by atoms with Gasteiger partial charge in [-0.1, -0.05) is 6.08 Å². The minimum absolute atomic E-state index is 0.0199. The first-order chi connectivity index (χ1) is 10.2. The fourth-order valence-electron chi connectivity index (χ4n) is 4.91. The fraction of sp³-hybridized carbons (Fsp3) is 0.889. The molecule has 3 nitrogen and oxygen atoms in total. The number of fused-ring (bicyclic) bond motifs is 1. The van der Waals surface area contributed by atoms with Crippen molar-refractivity contribution in [3.05, 3.63) is 12.7 Å². The summed E-state index contributed by atoms with van der Waals surface area (Å²) in [6.07, 6.45) is 9.95. The first kappa shape index (κ1) is 14.2. The maximum atomic E-state index is 10.3. The lowest BCUT2D eigenvalue weighted by molar-refractivity contribution is -0.264. The summed E-state index contributed by atoms with van der Waals surface area (Å²) in [7, 11) is 0. The number of rotatable bonds is 2. The van der Waals surface area contributed by atoms with Gasteiger partial charge in [0.1, 0.15) is 0 Å². The summed E-state index contributed by atoms with van der Waals surface area (Å²) in [4.78, 5) is 0. The van der Waals surface area contributed by atoms with Gasteiger partial charge in [-0.05, 0) is 56.8 Å². The van der Waals surface area contributed by atoms with Crippen molar-refractivity contribution in [1.29, 1.82) is 0 Å². The van der Waals surface area contributed by atoms with Crippen molar-refractivity contribution in [2.24, 2.45) is 29.1 Å². The van der Waals surface area contributed by atoms with E-state index >= 15 is 0 Å². The second-order valence-corrected chi connectivity index (χ2v) is 8.03. The zero-order chi connectivity index (χ0) is 14.4. The lowest BCUT2D eigenvalue weighted by atomic mass is 9.69. The molecule has 0 aromatic heterocycles. The molecule has 4 rings (SSSR count). The Morgan fingerprint density at radius 1 is 1.00 bits per heavy atom. The Balaban J connectivity index is 1.33. The molecule has 1 saturated heterocycles. The molecule has 5 atom stereocenters. The van der Waals surface area contributed by atoms with E-state index in [4.69, 9.17) is 9.47 Å². The van der Waals surface area contributed by atoms with Gasteiger partial charge in [0, 0.05) is 17.3 Å². The monoisotopic (exact) mass is 292 g/mol. The molecule has 21 heavy (non-hydrogen) atoms. The second kappa shape index (κ2) is 5.36. The molecule has 118 valence electrons. The highest BCUT2D eigenvalue weighted by Crippen LogP contribution is 2.53. The highest BCUT2D eigenvalue weighted by atomic mass is 16.7. The Bertz CT molecular complexity index is 399. The van der Waals surface area contributed by atoms with Crippen molar-refractivity contribution < 1.29 is 14.6 Å². The van der Waals surface area contributed by atoms with Crippen LogP contribution in [0.3, 0.4) is 0 Å². The number of ether oxygens (including phenoxy) is 2. The molecule has 0 aromatic carbocycles. The van der Waals surface area contributed by atoms with Crippen LogP contribution in [0.1, 0.15) is 44.9 Å². The topological polar surface area (TPSA) is 38.7 Å². The van der Waals surface area contributed by atoms with Gasteiger partial charge in [-0.15, -0.1) is 6.58 Å². The third-order valence-electron chi connectivity index (χ3n) is 6.52. The average molecular weight is 292 g/mol. The van der Waals surface area contributed by atoms with Crippen LogP contribution in [0.5, 0.6) is 0 Å². The number of hydrogen-bond donors (Lipinski definition) is 1. The predicted octanol–water partition coefficient (Wildman–Crippen LogP) is 3.13. The first-order valence-corrected chi connectivity index (χ1v) is 8.73. The zero-order valence-electron chi connectivity index (χ0n) is 12.9. The summed E-state index contributed by atoms with van der Waals surface area (Å²) in [5.41, 5.74) is 0.0478. The molecule has 1 N–H and O–H groups in total. The van der Waals surface area contributed by atoms with Crippen LogP contribution < -0.4 is 0 Å². The Kier molecular flexibility index (Phi) is 3.63. The lowest BCUT2D eigenvalue weighted by Gasteiger charge is -2.47. The second-order valence-electron chi connectivity index (χ2n) is 8.03. The molecular formula is C18H28O3. The van der Waals surface area contributed by atoms with Crippen LogP contribution >= 0.6 is 0 Å². The highest BCUT2D eigenvalue weighted by molar-refractivity contribution is 4.98. The van der Waals surface area contributed by atoms with E-state index < -0.39 is 0 Å². The van der Waals surface area contributed by atoms with E-state index in [1.165, 1.54) is 25.7 Å². The van der Waals surface area contributed by atoms with Gasteiger partial charge in [0.25, 0.3) is 0 Å². The average Bonchev–Trinajstić information content (AvgIpc) is 3.27. The molecule has 4 aliphatic rings. The van der Waals surface area contributed by atoms with Gasteiger partial charge in [-0.3, -0.25) is 0 Å². The highest BCUT2D eigenvalue weighted by Gasteiger charge is 2.48. The van der Waals surface area contributed by atoms with Crippen molar-refractivity contribution in [2.45, 2.75) is 57.3 Å². The third-order valence-corrected chi connectivity index (χ3v) is 6.52. The predicted molar refractivity (Wildman–Crippen MR) is 80.6 cm³/mol. The molecule has 3 saturated carbocycles. The van der Waals surface area contributed by atoms with Gasteiger partial charge in [0.15, 0.2) is 6.29 Å². The summed E-state index contributed by atoms with van der Waals surface area (Å²) in [5.74, 6) is 2.86. The summed E-state index contributed by atoms with van der Waals surface area (Å²) in [6.45, 7) is 5.36. The lowest BCUT2D eigenvalue weighted by Crippen LogP contribution is -2.49. The van der Waals surface area contributed by atoms with Gasteiger partial charge in [0.05, 0.1) is 19.3 Å². The van der Waals surface area contributed by atoms with Gasteiger partial charge < -0.3 is 14.6 Å². The van der Waals surface area contributed by atoms with Crippen LogP contribution in [-0.4, -0.2) is 30.7 Å². The molecule has 1 aliphatic heterocycles. The number of hydrogen-bond acceptors (Lipinski definition) is 3. The van der Waals surface area contributed by atoms with Crippen LogP contribution in [-0.2, 0) is 9.47 Å². The van der Waals surface area contributed by atoms with Gasteiger partial charge in [0.2, 0.25) is 0 Å². The standard InChI is InChI=1S/C18H28O3/c1-2-12-5-6-18(9-16(12)19)10-20-17(21-11-18)14-4-3-13-7-15(13)8-14/h2,12-17,19H,1,3-11H2. The molecule has 4 fully saturated rings. The molecule has 0 amide bonds. The van der Waals surface area contributed by atoms with E-state index in [-0.39, 0.29) is 23.7 Å². The van der Waals surface area contributed by atoms with E-state index in [0.717, 1.165) is 44.3 Å². The van der Waals surface area contributed by atoms with Crippen molar-refractivity contribution in [3.8, 4) is 0 Å². The van der Waals surface area contributed by atoms with Crippen molar-refractivity contribution in [1.82, 2.24) is 0 Å². The normalized spacial score (nSPS) is 53.2. The Morgan fingerprint density at radius 3 is 2.38 bits per heavy atom. The van der Waals surface area contributed by atoms with E-state index in [0.29, 0.717) is 5.92 Å². The van der Waals surface area contributed by atoms with Crippen LogP contribution in [0, 0.1) is 29.1 Å². The molecule has 1 heterocycles. The minimum atomic E-state index is -0.276. The van der Waals surface area contributed by atoms with Gasteiger partial charge in [-0.25, -0.2) is 0 Å². The number of aliphatic hydroxyl groups excluding tert-OH is 1. The van der Waals surface area contributed by atoms with Crippen molar-refractivity contribution in [2.75, 3.05) is 13.2 Å². The van der Waals surface area contributed by atoms with Gasteiger partial charge >= 0.3 is 0 Å². The van der Waals surface area contributed by atoms with E-state index in [1.807, 2.05) is 6.08 Å². The molecule has 3 heteroatoms. The first-order valence-electron chi connectivity index (χ1n) is 8.73. The molecule has 0 aromatic rings. The molecule has 5 unspecified atom stereocenters. The van der Waals surface area contributed by atoms with Crippen LogP contribution in [0.2, 0.25) is 0 Å². The summed E-state index contributed by atoms with van der Waals surface area (Å²) in [5, 5.41) is 10.3.